The Morgan fingerprint density at radius 3 is 2.68 bits per heavy atom. The molecule has 1 aliphatic rings. The molecule has 0 bridgehead atoms. The Kier molecular flexibility index (Phi) is 4.32. The first-order chi connectivity index (χ1) is 10.7. The lowest BCUT2D eigenvalue weighted by molar-refractivity contribution is 0.518. The molecule has 3 heterocycles. The standard InChI is InChI=1S/C15H21N7/c1-21(2)14-5-9-16-15(19-14)22-10-6-12(7-11-22)18-13-4-3-8-17-20-13/h3-5,8-9,12H,6-7,10-11H2,1-2H3,(H,18,20). The average Bonchev–Trinajstić information content (AvgIpc) is 2.56. The predicted octanol–water partition coefficient (Wildman–Crippen LogP) is 1.41. The van der Waals surface area contributed by atoms with Crippen LogP contribution in [0.3, 0.4) is 0 Å². The lowest BCUT2D eigenvalue weighted by Gasteiger charge is -2.32. The second-order valence-corrected chi connectivity index (χ2v) is 5.62. The lowest BCUT2D eigenvalue weighted by Crippen LogP contribution is -2.40. The largest absolute Gasteiger partial charge is 0.366 e. The minimum absolute atomic E-state index is 0.421. The lowest BCUT2D eigenvalue weighted by atomic mass is 10.1. The normalized spacial score (nSPS) is 15.6. The first-order valence-electron chi connectivity index (χ1n) is 7.52. The summed E-state index contributed by atoms with van der Waals surface area (Å²) in [6.07, 6.45) is 5.57. The molecule has 1 N–H and O–H groups in total. The van der Waals surface area contributed by atoms with E-state index in [2.05, 4.69) is 30.4 Å². The van der Waals surface area contributed by atoms with Gasteiger partial charge in [0.25, 0.3) is 0 Å². The minimum atomic E-state index is 0.421. The smallest absolute Gasteiger partial charge is 0.227 e. The van der Waals surface area contributed by atoms with Crippen molar-refractivity contribution in [2.75, 3.05) is 42.3 Å². The van der Waals surface area contributed by atoms with Gasteiger partial charge in [-0.3, -0.25) is 0 Å². The molecule has 2 aromatic heterocycles. The van der Waals surface area contributed by atoms with Crippen LogP contribution in [0.5, 0.6) is 0 Å². The van der Waals surface area contributed by atoms with Gasteiger partial charge in [0.05, 0.1) is 0 Å². The van der Waals surface area contributed by atoms with E-state index in [1.54, 1.807) is 6.20 Å². The zero-order chi connectivity index (χ0) is 15.4. The van der Waals surface area contributed by atoms with E-state index in [0.29, 0.717) is 6.04 Å². The number of piperidine rings is 1. The Hall–Kier alpha value is -2.44. The third-order valence-corrected chi connectivity index (χ3v) is 3.79. The molecule has 1 saturated heterocycles. The number of hydrogen-bond acceptors (Lipinski definition) is 7. The fourth-order valence-electron chi connectivity index (χ4n) is 2.55. The van der Waals surface area contributed by atoms with Gasteiger partial charge in [0.1, 0.15) is 11.6 Å². The molecule has 0 saturated carbocycles. The molecule has 7 nitrogen and oxygen atoms in total. The van der Waals surface area contributed by atoms with E-state index < -0.39 is 0 Å². The number of nitrogens with one attached hydrogen (secondary N) is 1. The maximum absolute atomic E-state index is 4.60. The van der Waals surface area contributed by atoms with Crippen LogP contribution < -0.4 is 15.1 Å². The van der Waals surface area contributed by atoms with Crippen molar-refractivity contribution >= 4 is 17.6 Å². The van der Waals surface area contributed by atoms with Gasteiger partial charge in [0.2, 0.25) is 5.95 Å². The molecule has 22 heavy (non-hydrogen) atoms. The van der Waals surface area contributed by atoms with E-state index >= 15 is 0 Å². The molecular formula is C15H21N7. The van der Waals surface area contributed by atoms with Crippen LogP contribution in [0.4, 0.5) is 17.6 Å². The molecule has 2 aromatic rings. The van der Waals surface area contributed by atoms with Gasteiger partial charge in [-0.1, -0.05) is 0 Å². The predicted molar refractivity (Wildman–Crippen MR) is 87.2 cm³/mol. The summed E-state index contributed by atoms with van der Waals surface area (Å²) in [6, 6.07) is 6.19. The van der Waals surface area contributed by atoms with Crippen LogP contribution in [-0.4, -0.2) is 53.4 Å². The molecule has 0 aromatic carbocycles. The van der Waals surface area contributed by atoms with Crippen molar-refractivity contribution in [1.82, 2.24) is 20.2 Å². The summed E-state index contributed by atoms with van der Waals surface area (Å²) >= 11 is 0. The summed E-state index contributed by atoms with van der Waals surface area (Å²) in [5.74, 6) is 2.58. The van der Waals surface area contributed by atoms with E-state index in [1.807, 2.05) is 43.4 Å². The van der Waals surface area contributed by atoms with Crippen molar-refractivity contribution < 1.29 is 0 Å². The number of anilines is 3. The first-order valence-corrected chi connectivity index (χ1v) is 7.52. The second kappa shape index (κ2) is 6.55. The topological polar surface area (TPSA) is 70.1 Å². The fourth-order valence-corrected chi connectivity index (χ4v) is 2.55. The molecule has 0 atom stereocenters. The van der Waals surface area contributed by atoms with E-state index in [-0.39, 0.29) is 0 Å². The number of rotatable bonds is 4. The Balaban J connectivity index is 1.58. The van der Waals surface area contributed by atoms with Crippen molar-refractivity contribution in [1.29, 1.82) is 0 Å². The Bertz CT molecular complexity index is 594. The SMILES string of the molecule is CN(C)c1ccnc(N2CCC(Nc3cccnn3)CC2)n1. The molecule has 0 unspecified atom stereocenters. The molecule has 1 aliphatic heterocycles. The fraction of sp³-hybridized carbons (Fsp3) is 0.467. The number of hydrogen-bond donors (Lipinski definition) is 1. The Labute approximate surface area is 130 Å². The van der Waals surface area contributed by atoms with E-state index in [0.717, 1.165) is 43.5 Å². The van der Waals surface area contributed by atoms with Crippen LogP contribution in [0.15, 0.2) is 30.6 Å². The highest BCUT2D eigenvalue weighted by molar-refractivity contribution is 5.43. The molecule has 0 spiro atoms. The first kappa shape index (κ1) is 14.5. The highest BCUT2D eigenvalue weighted by Gasteiger charge is 2.21. The third-order valence-electron chi connectivity index (χ3n) is 3.79. The monoisotopic (exact) mass is 299 g/mol. The zero-order valence-corrected chi connectivity index (χ0v) is 13.0. The minimum Gasteiger partial charge on any atom is -0.366 e. The summed E-state index contributed by atoms with van der Waals surface area (Å²) in [4.78, 5) is 13.2. The van der Waals surface area contributed by atoms with Crippen LogP contribution in [0, 0.1) is 0 Å². The Morgan fingerprint density at radius 1 is 1.18 bits per heavy atom. The van der Waals surface area contributed by atoms with Crippen LogP contribution in [0.2, 0.25) is 0 Å². The molecule has 0 radical (unpaired) electrons. The molecule has 0 amide bonds. The van der Waals surface area contributed by atoms with Gasteiger partial charge in [0, 0.05) is 45.6 Å². The number of nitrogens with zero attached hydrogens (tertiary/aromatic N) is 6. The third kappa shape index (κ3) is 3.41. The average molecular weight is 299 g/mol. The van der Waals surface area contributed by atoms with Gasteiger partial charge < -0.3 is 15.1 Å². The number of aromatic nitrogens is 4. The second-order valence-electron chi connectivity index (χ2n) is 5.62. The van der Waals surface area contributed by atoms with E-state index in [9.17, 15) is 0 Å². The Morgan fingerprint density at radius 2 is 2.00 bits per heavy atom. The molecule has 1 fully saturated rings. The van der Waals surface area contributed by atoms with Gasteiger partial charge in [0.15, 0.2) is 0 Å². The quantitative estimate of drug-likeness (QED) is 0.915. The summed E-state index contributed by atoms with van der Waals surface area (Å²) in [6.45, 7) is 1.88. The van der Waals surface area contributed by atoms with Crippen LogP contribution in [0.1, 0.15) is 12.8 Å². The van der Waals surface area contributed by atoms with Gasteiger partial charge in [-0.2, -0.15) is 10.1 Å². The van der Waals surface area contributed by atoms with Gasteiger partial charge in [-0.25, -0.2) is 4.98 Å². The maximum Gasteiger partial charge on any atom is 0.227 e. The van der Waals surface area contributed by atoms with Crippen LogP contribution in [-0.2, 0) is 0 Å². The van der Waals surface area contributed by atoms with Crippen molar-refractivity contribution in [2.24, 2.45) is 0 Å². The van der Waals surface area contributed by atoms with Gasteiger partial charge >= 0.3 is 0 Å². The summed E-state index contributed by atoms with van der Waals surface area (Å²) in [5.41, 5.74) is 0. The van der Waals surface area contributed by atoms with Crippen molar-refractivity contribution in [2.45, 2.75) is 18.9 Å². The van der Waals surface area contributed by atoms with Crippen LogP contribution >= 0.6 is 0 Å². The van der Waals surface area contributed by atoms with Gasteiger partial charge in [-0.05, 0) is 31.0 Å². The molecule has 3 rings (SSSR count). The maximum atomic E-state index is 4.60. The van der Waals surface area contributed by atoms with Crippen molar-refractivity contribution in [3.63, 3.8) is 0 Å². The highest BCUT2D eigenvalue weighted by atomic mass is 15.3. The van der Waals surface area contributed by atoms with Gasteiger partial charge in [-0.15, -0.1) is 5.10 Å². The van der Waals surface area contributed by atoms with E-state index in [4.69, 9.17) is 0 Å². The van der Waals surface area contributed by atoms with Crippen molar-refractivity contribution in [3.05, 3.63) is 30.6 Å². The zero-order valence-electron chi connectivity index (χ0n) is 13.0. The summed E-state index contributed by atoms with van der Waals surface area (Å²) in [7, 11) is 3.98. The molecule has 0 aliphatic carbocycles. The van der Waals surface area contributed by atoms with Crippen molar-refractivity contribution in [3.8, 4) is 0 Å². The molecule has 7 heteroatoms. The molecular weight excluding hydrogens is 278 g/mol. The summed E-state index contributed by atoms with van der Waals surface area (Å²) in [5, 5.41) is 11.4. The van der Waals surface area contributed by atoms with Crippen LogP contribution in [0.25, 0.3) is 0 Å². The summed E-state index contributed by atoms with van der Waals surface area (Å²) < 4.78 is 0. The highest BCUT2D eigenvalue weighted by Crippen LogP contribution is 2.20. The molecule has 116 valence electrons. The van der Waals surface area contributed by atoms with E-state index in [1.165, 1.54) is 0 Å².